The molecule has 1 aliphatic heterocycles. The maximum atomic E-state index is 13.8. The van der Waals surface area contributed by atoms with Crippen LogP contribution in [0.3, 0.4) is 0 Å². The molecule has 2 aromatic carbocycles. The quantitative estimate of drug-likeness (QED) is 0.420. The average Bonchev–Trinajstić information content (AvgIpc) is 3.31. The first kappa shape index (κ1) is 26.5. The summed E-state index contributed by atoms with van der Waals surface area (Å²) in [5.74, 6) is 1.98. The molecule has 1 saturated carbocycles. The smallest absolute Gasteiger partial charge is 0.417 e. The Hall–Kier alpha value is -3.56. The summed E-state index contributed by atoms with van der Waals surface area (Å²) in [6.07, 6.45) is 4.46. The predicted octanol–water partition coefficient (Wildman–Crippen LogP) is 5.31. The van der Waals surface area contributed by atoms with Crippen LogP contribution in [0.5, 0.6) is 5.75 Å². The number of alkyl halides is 3. The molecule has 37 heavy (non-hydrogen) atoms. The van der Waals surface area contributed by atoms with E-state index in [1.54, 1.807) is 0 Å². The second-order valence-corrected chi connectivity index (χ2v) is 9.39. The van der Waals surface area contributed by atoms with E-state index < -0.39 is 23.6 Å². The standard InChI is InChI=1S/C28H27F4N3O2/c1-2-21-9-10-22(16-33)35(21)27(36)17-34-20-7-11-23(12-8-20)37-24-13-14-25(26(15-24)28(30,31)32)18-3-5-19(29)6-4-18/h1,3-6,13-15,20-23,34H,7-12,17H2/t20?,21-,22-,23?/m0/s1. The second-order valence-electron chi connectivity index (χ2n) is 9.39. The third-order valence-electron chi connectivity index (χ3n) is 6.99. The number of halogens is 4. The molecule has 4 rings (SSSR count). The van der Waals surface area contributed by atoms with Crippen LogP contribution in [0.1, 0.15) is 44.1 Å². The molecule has 1 aliphatic carbocycles. The van der Waals surface area contributed by atoms with Gasteiger partial charge in [-0.2, -0.15) is 18.4 Å². The molecule has 2 atom stereocenters. The number of hydrogen-bond acceptors (Lipinski definition) is 4. The van der Waals surface area contributed by atoms with Gasteiger partial charge in [0, 0.05) is 6.04 Å². The Labute approximate surface area is 213 Å². The van der Waals surface area contributed by atoms with Crippen molar-refractivity contribution in [2.45, 2.75) is 68.9 Å². The zero-order valence-corrected chi connectivity index (χ0v) is 20.1. The summed E-state index contributed by atoms with van der Waals surface area (Å²) in [7, 11) is 0. The molecule has 2 aromatic rings. The number of carbonyl (C=O) groups excluding carboxylic acids is 1. The largest absolute Gasteiger partial charge is 0.490 e. The van der Waals surface area contributed by atoms with Crippen molar-refractivity contribution < 1.29 is 27.1 Å². The highest BCUT2D eigenvalue weighted by molar-refractivity contribution is 5.80. The maximum Gasteiger partial charge on any atom is 0.417 e. The van der Waals surface area contributed by atoms with Gasteiger partial charge < -0.3 is 15.0 Å². The van der Waals surface area contributed by atoms with Gasteiger partial charge in [-0.25, -0.2) is 4.39 Å². The lowest BCUT2D eigenvalue weighted by molar-refractivity contribution is -0.137. The van der Waals surface area contributed by atoms with Crippen molar-refractivity contribution in [3.63, 3.8) is 0 Å². The fourth-order valence-corrected chi connectivity index (χ4v) is 5.06. The van der Waals surface area contributed by atoms with Gasteiger partial charge in [-0.3, -0.25) is 4.79 Å². The van der Waals surface area contributed by atoms with Gasteiger partial charge in [0.25, 0.3) is 0 Å². The predicted molar refractivity (Wildman–Crippen MR) is 130 cm³/mol. The molecule has 1 N–H and O–H groups in total. The van der Waals surface area contributed by atoms with Crippen LogP contribution in [-0.2, 0) is 11.0 Å². The molecule has 0 aromatic heterocycles. The van der Waals surface area contributed by atoms with E-state index in [4.69, 9.17) is 11.2 Å². The van der Waals surface area contributed by atoms with Gasteiger partial charge in [0.05, 0.1) is 30.3 Å². The third kappa shape index (κ3) is 6.23. The lowest BCUT2D eigenvalue weighted by atomic mass is 9.92. The van der Waals surface area contributed by atoms with Crippen molar-refractivity contribution in [1.82, 2.24) is 10.2 Å². The Balaban J connectivity index is 1.33. The molecular formula is C28H27F4N3O2. The molecule has 0 unspecified atom stereocenters. The number of amides is 1. The number of nitrogens with zero attached hydrogens (tertiary/aromatic N) is 2. The van der Waals surface area contributed by atoms with Crippen molar-refractivity contribution >= 4 is 5.91 Å². The molecule has 9 heteroatoms. The average molecular weight is 514 g/mol. The Kier molecular flexibility index (Phi) is 8.04. The van der Waals surface area contributed by atoms with Crippen LogP contribution in [0, 0.1) is 29.5 Å². The van der Waals surface area contributed by atoms with E-state index in [1.165, 1.54) is 29.2 Å². The summed E-state index contributed by atoms with van der Waals surface area (Å²) < 4.78 is 60.5. The number of likely N-dealkylation sites (tertiary alicyclic amines) is 1. The van der Waals surface area contributed by atoms with Crippen molar-refractivity contribution in [3.05, 3.63) is 53.8 Å². The summed E-state index contributed by atoms with van der Waals surface area (Å²) in [5, 5.41) is 12.5. The molecular weight excluding hydrogens is 486 g/mol. The van der Waals surface area contributed by atoms with Crippen LogP contribution >= 0.6 is 0 Å². The van der Waals surface area contributed by atoms with Crippen molar-refractivity contribution in [1.29, 1.82) is 5.26 Å². The normalized spacial score (nSPS) is 23.8. The molecule has 1 amide bonds. The fraction of sp³-hybridized carbons (Fsp3) is 0.429. The summed E-state index contributed by atoms with van der Waals surface area (Å²) >= 11 is 0. The van der Waals surface area contributed by atoms with Crippen LogP contribution in [0.2, 0.25) is 0 Å². The molecule has 194 valence electrons. The van der Waals surface area contributed by atoms with E-state index in [-0.39, 0.29) is 47.5 Å². The van der Waals surface area contributed by atoms with Gasteiger partial charge in [-0.1, -0.05) is 24.1 Å². The monoisotopic (exact) mass is 513 g/mol. The Bertz CT molecular complexity index is 1170. The van der Waals surface area contributed by atoms with E-state index in [9.17, 15) is 27.6 Å². The van der Waals surface area contributed by atoms with Gasteiger partial charge in [-0.15, -0.1) is 6.42 Å². The first-order valence-corrected chi connectivity index (χ1v) is 12.2. The molecule has 5 nitrogen and oxygen atoms in total. The highest BCUT2D eigenvalue weighted by Gasteiger charge is 2.36. The van der Waals surface area contributed by atoms with Gasteiger partial charge in [0.1, 0.15) is 17.6 Å². The number of rotatable bonds is 6. The van der Waals surface area contributed by atoms with E-state index in [0.29, 0.717) is 38.5 Å². The Morgan fingerprint density at radius 1 is 1.05 bits per heavy atom. The third-order valence-corrected chi connectivity index (χ3v) is 6.99. The first-order valence-electron chi connectivity index (χ1n) is 12.2. The van der Waals surface area contributed by atoms with Gasteiger partial charge >= 0.3 is 6.18 Å². The summed E-state index contributed by atoms with van der Waals surface area (Å²) in [4.78, 5) is 14.2. The molecule has 0 radical (unpaired) electrons. The highest BCUT2D eigenvalue weighted by atomic mass is 19.4. The van der Waals surface area contributed by atoms with Gasteiger partial charge in [0.2, 0.25) is 5.91 Å². The van der Waals surface area contributed by atoms with Crippen molar-refractivity contribution in [2.24, 2.45) is 0 Å². The molecule has 2 fully saturated rings. The van der Waals surface area contributed by atoms with Crippen LogP contribution in [0.15, 0.2) is 42.5 Å². The number of benzene rings is 2. The zero-order chi connectivity index (χ0) is 26.6. The van der Waals surface area contributed by atoms with Crippen LogP contribution in [0.25, 0.3) is 11.1 Å². The molecule has 1 saturated heterocycles. The number of ether oxygens (including phenoxy) is 1. The van der Waals surface area contributed by atoms with E-state index >= 15 is 0 Å². The molecule has 0 spiro atoms. The fourth-order valence-electron chi connectivity index (χ4n) is 5.06. The summed E-state index contributed by atoms with van der Waals surface area (Å²) in [6.45, 7) is 0.0757. The van der Waals surface area contributed by atoms with Gasteiger partial charge in [0.15, 0.2) is 0 Å². The second kappa shape index (κ2) is 11.2. The minimum atomic E-state index is -4.60. The lowest BCUT2D eigenvalue weighted by Crippen LogP contribution is -2.47. The number of nitriles is 1. The zero-order valence-electron chi connectivity index (χ0n) is 20.1. The molecule has 1 heterocycles. The minimum absolute atomic E-state index is 0.0406. The van der Waals surface area contributed by atoms with E-state index in [2.05, 4.69) is 17.3 Å². The van der Waals surface area contributed by atoms with Crippen LogP contribution in [0.4, 0.5) is 17.6 Å². The minimum Gasteiger partial charge on any atom is -0.490 e. The number of terminal acetylenes is 1. The number of nitrogens with one attached hydrogen (secondary N) is 1. The van der Waals surface area contributed by atoms with Crippen molar-refractivity contribution in [3.8, 4) is 35.3 Å². The SMILES string of the molecule is C#C[C@H]1CC[C@@H](C#N)N1C(=O)CNC1CCC(Oc2ccc(-c3ccc(F)cc3)c(C(F)(F)F)c2)CC1. The van der Waals surface area contributed by atoms with Crippen LogP contribution < -0.4 is 10.1 Å². The van der Waals surface area contributed by atoms with Gasteiger partial charge in [-0.05, 0) is 73.9 Å². The Morgan fingerprint density at radius 2 is 1.73 bits per heavy atom. The summed E-state index contributed by atoms with van der Waals surface area (Å²) in [5.41, 5.74) is -0.612. The number of carbonyl (C=O) groups is 1. The van der Waals surface area contributed by atoms with Crippen LogP contribution in [-0.4, -0.2) is 41.6 Å². The summed E-state index contributed by atoms with van der Waals surface area (Å²) in [6, 6.07) is 10.0. The first-order chi connectivity index (χ1) is 17.7. The Morgan fingerprint density at radius 3 is 2.35 bits per heavy atom. The maximum absolute atomic E-state index is 13.8. The number of hydrogen-bond donors (Lipinski definition) is 1. The van der Waals surface area contributed by atoms with E-state index in [0.717, 1.165) is 18.2 Å². The topological polar surface area (TPSA) is 65.4 Å². The molecule has 2 aliphatic rings. The molecule has 0 bridgehead atoms. The highest BCUT2D eigenvalue weighted by Crippen LogP contribution is 2.40. The van der Waals surface area contributed by atoms with Crippen molar-refractivity contribution in [2.75, 3.05) is 6.54 Å². The lowest BCUT2D eigenvalue weighted by Gasteiger charge is -2.31. The van der Waals surface area contributed by atoms with E-state index in [1.807, 2.05) is 0 Å².